The van der Waals surface area contributed by atoms with Crippen LogP contribution >= 0.6 is 35.8 Å². The van der Waals surface area contributed by atoms with Crippen molar-refractivity contribution in [1.29, 1.82) is 0 Å². The first-order valence-electron chi connectivity index (χ1n) is 3.96. The minimum absolute atomic E-state index is 0.491. The number of hydrogen-bond donors (Lipinski definition) is 1. The summed E-state index contributed by atoms with van der Waals surface area (Å²) < 4.78 is 5.40. The fourth-order valence-corrected chi connectivity index (χ4v) is 1.50. The van der Waals surface area contributed by atoms with Crippen LogP contribution in [0.2, 0.25) is 10.0 Å². The predicted octanol–water partition coefficient (Wildman–Crippen LogP) is 4.07. The van der Waals surface area contributed by atoms with Crippen molar-refractivity contribution < 1.29 is 4.74 Å². The van der Waals surface area contributed by atoms with Crippen LogP contribution in [0.5, 0.6) is 5.75 Å². The SMILES string of the molecule is CCCOc1cc(Cl)c(Cl)cc1S. The number of halogens is 2. The van der Waals surface area contributed by atoms with Crippen LogP contribution in [-0.4, -0.2) is 6.61 Å². The topological polar surface area (TPSA) is 9.23 Å². The zero-order chi connectivity index (χ0) is 9.84. The van der Waals surface area contributed by atoms with Crippen molar-refractivity contribution in [2.75, 3.05) is 6.61 Å². The average molecular weight is 237 g/mol. The van der Waals surface area contributed by atoms with E-state index in [9.17, 15) is 0 Å². The third-order valence-electron chi connectivity index (χ3n) is 1.46. The smallest absolute Gasteiger partial charge is 0.134 e. The van der Waals surface area contributed by atoms with E-state index in [1.165, 1.54) is 0 Å². The Hall–Kier alpha value is -0.0500. The molecular weight excluding hydrogens is 227 g/mol. The van der Waals surface area contributed by atoms with Crippen LogP contribution in [0.25, 0.3) is 0 Å². The third-order valence-corrected chi connectivity index (χ3v) is 2.54. The molecule has 0 radical (unpaired) electrons. The molecule has 0 saturated carbocycles. The number of thiol groups is 1. The molecule has 0 aliphatic heterocycles. The Morgan fingerprint density at radius 3 is 2.54 bits per heavy atom. The fourth-order valence-electron chi connectivity index (χ4n) is 0.846. The summed E-state index contributed by atoms with van der Waals surface area (Å²) in [7, 11) is 0. The zero-order valence-corrected chi connectivity index (χ0v) is 9.59. The van der Waals surface area contributed by atoms with Crippen LogP contribution in [0.15, 0.2) is 17.0 Å². The third kappa shape index (κ3) is 2.97. The van der Waals surface area contributed by atoms with Crippen molar-refractivity contribution >= 4 is 35.8 Å². The van der Waals surface area contributed by atoms with Crippen LogP contribution in [0.1, 0.15) is 13.3 Å². The summed E-state index contributed by atoms with van der Waals surface area (Å²) in [5.41, 5.74) is 0. The van der Waals surface area contributed by atoms with Gasteiger partial charge in [0.25, 0.3) is 0 Å². The first-order valence-corrected chi connectivity index (χ1v) is 5.16. The molecule has 0 bridgehead atoms. The molecule has 1 rings (SSSR count). The van der Waals surface area contributed by atoms with E-state index in [2.05, 4.69) is 12.6 Å². The largest absolute Gasteiger partial charge is 0.492 e. The molecule has 0 unspecified atom stereocenters. The van der Waals surface area contributed by atoms with Crippen molar-refractivity contribution in [2.24, 2.45) is 0 Å². The van der Waals surface area contributed by atoms with Crippen LogP contribution in [0, 0.1) is 0 Å². The Bertz CT molecular complexity index is 302. The molecule has 0 N–H and O–H groups in total. The summed E-state index contributed by atoms with van der Waals surface area (Å²) in [6.07, 6.45) is 0.952. The molecule has 0 amide bonds. The molecule has 0 atom stereocenters. The summed E-state index contributed by atoms with van der Waals surface area (Å²) in [6, 6.07) is 3.36. The molecule has 1 nitrogen and oxygen atoms in total. The molecule has 1 aromatic carbocycles. The summed E-state index contributed by atoms with van der Waals surface area (Å²) in [4.78, 5) is 0.711. The van der Waals surface area contributed by atoms with Crippen molar-refractivity contribution in [3.63, 3.8) is 0 Å². The molecule has 0 fully saturated rings. The van der Waals surface area contributed by atoms with Gasteiger partial charge in [-0.3, -0.25) is 0 Å². The number of benzene rings is 1. The summed E-state index contributed by atoms with van der Waals surface area (Å²) in [5, 5.41) is 0.987. The van der Waals surface area contributed by atoms with Gasteiger partial charge >= 0.3 is 0 Å². The van der Waals surface area contributed by atoms with Gasteiger partial charge in [-0.25, -0.2) is 0 Å². The van der Waals surface area contributed by atoms with Crippen molar-refractivity contribution in [1.82, 2.24) is 0 Å². The molecule has 0 aliphatic carbocycles. The van der Waals surface area contributed by atoms with Crippen LogP contribution in [-0.2, 0) is 0 Å². The van der Waals surface area contributed by atoms with E-state index in [1.807, 2.05) is 6.92 Å². The predicted molar refractivity (Wildman–Crippen MR) is 59.5 cm³/mol. The Kier molecular flexibility index (Phi) is 4.23. The van der Waals surface area contributed by atoms with E-state index < -0.39 is 0 Å². The Morgan fingerprint density at radius 1 is 1.31 bits per heavy atom. The Morgan fingerprint density at radius 2 is 1.92 bits per heavy atom. The molecule has 0 heterocycles. The highest BCUT2D eigenvalue weighted by Crippen LogP contribution is 2.32. The van der Waals surface area contributed by atoms with Gasteiger partial charge in [-0.1, -0.05) is 30.1 Å². The first-order chi connectivity index (χ1) is 6.15. The van der Waals surface area contributed by atoms with E-state index in [1.54, 1.807) is 12.1 Å². The number of hydrogen-bond acceptors (Lipinski definition) is 2. The maximum absolute atomic E-state index is 5.82. The lowest BCUT2D eigenvalue weighted by atomic mass is 10.3. The van der Waals surface area contributed by atoms with E-state index in [-0.39, 0.29) is 0 Å². The Labute approximate surface area is 93.4 Å². The molecule has 0 spiro atoms. The van der Waals surface area contributed by atoms with E-state index in [0.717, 1.165) is 6.42 Å². The Balaban J connectivity index is 2.88. The molecular formula is C9H10Cl2OS. The lowest BCUT2D eigenvalue weighted by molar-refractivity contribution is 0.310. The minimum atomic E-state index is 0.491. The minimum Gasteiger partial charge on any atom is -0.492 e. The molecule has 72 valence electrons. The summed E-state index contributed by atoms with van der Waals surface area (Å²) in [5.74, 6) is 0.680. The number of rotatable bonds is 3. The molecule has 0 aromatic heterocycles. The molecule has 0 saturated heterocycles. The molecule has 1 aromatic rings. The highest BCUT2D eigenvalue weighted by molar-refractivity contribution is 7.80. The molecule has 0 aliphatic rings. The highest BCUT2D eigenvalue weighted by Gasteiger charge is 2.05. The molecule has 13 heavy (non-hydrogen) atoms. The van der Waals surface area contributed by atoms with Crippen LogP contribution < -0.4 is 4.74 Å². The quantitative estimate of drug-likeness (QED) is 0.779. The normalized spacial score (nSPS) is 10.2. The van der Waals surface area contributed by atoms with Gasteiger partial charge in [0.1, 0.15) is 5.75 Å². The summed E-state index contributed by atoms with van der Waals surface area (Å²) >= 11 is 15.8. The maximum Gasteiger partial charge on any atom is 0.134 e. The summed E-state index contributed by atoms with van der Waals surface area (Å²) in [6.45, 7) is 2.70. The van der Waals surface area contributed by atoms with Gasteiger partial charge in [0.05, 0.1) is 16.7 Å². The highest BCUT2D eigenvalue weighted by atomic mass is 35.5. The van der Waals surface area contributed by atoms with Gasteiger partial charge in [-0.2, -0.15) is 0 Å². The van der Waals surface area contributed by atoms with Gasteiger partial charge in [0.2, 0.25) is 0 Å². The van der Waals surface area contributed by atoms with Crippen LogP contribution in [0.4, 0.5) is 0 Å². The van der Waals surface area contributed by atoms with Crippen LogP contribution in [0.3, 0.4) is 0 Å². The average Bonchev–Trinajstić information content (AvgIpc) is 2.09. The second-order valence-electron chi connectivity index (χ2n) is 2.58. The van der Waals surface area contributed by atoms with Gasteiger partial charge in [0, 0.05) is 11.0 Å². The van der Waals surface area contributed by atoms with E-state index in [4.69, 9.17) is 27.9 Å². The van der Waals surface area contributed by atoms with Crippen molar-refractivity contribution in [2.45, 2.75) is 18.2 Å². The number of ether oxygens (including phenoxy) is 1. The second kappa shape index (κ2) is 4.99. The lowest BCUT2D eigenvalue weighted by Gasteiger charge is -2.08. The second-order valence-corrected chi connectivity index (χ2v) is 3.88. The van der Waals surface area contributed by atoms with Gasteiger partial charge < -0.3 is 4.74 Å². The fraction of sp³-hybridized carbons (Fsp3) is 0.333. The zero-order valence-electron chi connectivity index (χ0n) is 7.18. The maximum atomic E-state index is 5.82. The monoisotopic (exact) mass is 236 g/mol. The first kappa shape index (κ1) is 11.0. The van der Waals surface area contributed by atoms with Gasteiger partial charge in [-0.15, -0.1) is 12.6 Å². The van der Waals surface area contributed by atoms with Gasteiger partial charge in [-0.05, 0) is 12.5 Å². The van der Waals surface area contributed by atoms with Crippen molar-refractivity contribution in [3.8, 4) is 5.75 Å². The van der Waals surface area contributed by atoms with E-state index in [0.29, 0.717) is 27.3 Å². The van der Waals surface area contributed by atoms with E-state index >= 15 is 0 Å². The molecule has 4 heteroatoms. The van der Waals surface area contributed by atoms with Crippen molar-refractivity contribution in [3.05, 3.63) is 22.2 Å². The van der Waals surface area contributed by atoms with Gasteiger partial charge in [0.15, 0.2) is 0 Å². The standard InChI is InChI=1S/C9H10Cl2OS/c1-2-3-12-8-4-6(10)7(11)5-9(8)13/h4-5,13H,2-3H2,1H3. The lowest BCUT2D eigenvalue weighted by Crippen LogP contribution is -1.95.